The van der Waals surface area contributed by atoms with Crippen molar-refractivity contribution in [2.75, 3.05) is 6.54 Å². The number of non-ortho nitro benzene ring substituents is 1. The summed E-state index contributed by atoms with van der Waals surface area (Å²) in [5.74, 6) is -3.11. The number of carbonyl (C=O) groups is 2. The van der Waals surface area contributed by atoms with Crippen LogP contribution < -0.4 is 0 Å². The number of carbonyl (C=O) groups excluding carboxylic acids is 1. The maximum Gasteiger partial charge on any atom is 0.329 e. The molecule has 0 bridgehead atoms. The molecule has 0 unspecified atom stereocenters. The number of likely N-dealkylation sites (N-methyl/N-ethyl adjacent to an activating group) is 1. The number of rotatable bonds is 5. The van der Waals surface area contributed by atoms with Crippen LogP contribution in [-0.4, -0.2) is 38.9 Å². The summed E-state index contributed by atoms with van der Waals surface area (Å²) in [5, 5.41) is 19.9. The van der Waals surface area contributed by atoms with Gasteiger partial charge in [-0.25, -0.2) is 9.18 Å². The Morgan fingerprint density at radius 1 is 1.43 bits per heavy atom. The third-order valence-corrected chi connectivity index (χ3v) is 3.15. The van der Waals surface area contributed by atoms with E-state index >= 15 is 0 Å². The summed E-state index contributed by atoms with van der Waals surface area (Å²) in [6.07, 6.45) is 0. The summed E-state index contributed by atoms with van der Waals surface area (Å²) in [7, 11) is 0. The van der Waals surface area contributed by atoms with Gasteiger partial charge in [0.25, 0.3) is 11.6 Å². The molecule has 1 aromatic carbocycles. The van der Waals surface area contributed by atoms with Crippen molar-refractivity contribution < 1.29 is 24.0 Å². The number of nitro groups is 1. The highest BCUT2D eigenvalue weighted by atomic mass is 19.1. The average molecular weight is 298 g/mol. The second kappa shape index (κ2) is 5.86. The van der Waals surface area contributed by atoms with Crippen LogP contribution in [0.3, 0.4) is 0 Å². The second-order valence-electron chi connectivity index (χ2n) is 4.83. The maximum absolute atomic E-state index is 13.8. The fraction of sp³-hybridized carbons (Fsp3) is 0.385. The molecule has 0 radical (unpaired) electrons. The van der Waals surface area contributed by atoms with Crippen LogP contribution in [0.1, 0.15) is 31.1 Å². The number of hydrogen-bond donors (Lipinski definition) is 1. The number of nitrogens with zero attached hydrogens (tertiary/aromatic N) is 2. The minimum Gasteiger partial charge on any atom is -0.480 e. The van der Waals surface area contributed by atoms with E-state index < -0.39 is 39.4 Å². The third kappa shape index (κ3) is 3.15. The van der Waals surface area contributed by atoms with Crippen LogP contribution in [-0.2, 0) is 4.79 Å². The van der Waals surface area contributed by atoms with Crippen molar-refractivity contribution in [3.63, 3.8) is 0 Å². The average Bonchev–Trinajstić information content (AvgIpc) is 2.38. The molecule has 7 nitrogen and oxygen atoms in total. The molecule has 0 heterocycles. The van der Waals surface area contributed by atoms with Gasteiger partial charge in [0, 0.05) is 18.7 Å². The Labute approximate surface area is 120 Å². The zero-order chi connectivity index (χ0) is 16.4. The molecule has 0 aliphatic heterocycles. The minimum absolute atomic E-state index is 0.0142. The van der Waals surface area contributed by atoms with Gasteiger partial charge in [0.05, 0.1) is 10.5 Å². The van der Waals surface area contributed by atoms with Gasteiger partial charge in [-0.3, -0.25) is 14.9 Å². The molecule has 0 saturated carbocycles. The number of nitro benzene ring substituents is 1. The summed E-state index contributed by atoms with van der Waals surface area (Å²) < 4.78 is 13.8. The number of hydrogen-bond acceptors (Lipinski definition) is 4. The lowest BCUT2D eigenvalue weighted by atomic mass is 10.0. The van der Waals surface area contributed by atoms with Crippen molar-refractivity contribution in [3.05, 3.63) is 39.7 Å². The number of carboxylic acid groups (broad SMARTS) is 1. The molecule has 0 saturated heterocycles. The molecule has 0 spiro atoms. The molecule has 0 aliphatic carbocycles. The molecule has 1 rings (SSSR count). The van der Waals surface area contributed by atoms with E-state index in [1.165, 1.54) is 20.8 Å². The van der Waals surface area contributed by atoms with Crippen LogP contribution in [0.25, 0.3) is 0 Å². The van der Waals surface area contributed by atoms with E-state index in [-0.39, 0.29) is 6.54 Å². The normalized spacial score (nSPS) is 11.0. The van der Waals surface area contributed by atoms with Gasteiger partial charge in [0.1, 0.15) is 11.4 Å². The predicted octanol–water partition coefficient (Wildman–Crippen LogP) is 2.06. The monoisotopic (exact) mass is 298 g/mol. The van der Waals surface area contributed by atoms with Gasteiger partial charge < -0.3 is 10.0 Å². The fourth-order valence-corrected chi connectivity index (χ4v) is 1.84. The van der Waals surface area contributed by atoms with Gasteiger partial charge in [-0.2, -0.15) is 0 Å². The van der Waals surface area contributed by atoms with E-state index in [1.807, 2.05) is 0 Å². The van der Waals surface area contributed by atoms with Gasteiger partial charge in [-0.05, 0) is 26.8 Å². The molecule has 21 heavy (non-hydrogen) atoms. The topological polar surface area (TPSA) is 101 Å². The van der Waals surface area contributed by atoms with Crippen LogP contribution in [0.4, 0.5) is 10.1 Å². The van der Waals surface area contributed by atoms with Crippen molar-refractivity contribution in [1.82, 2.24) is 4.90 Å². The van der Waals surface area contributed by atoms with Crippen molar-refractivity contribution in [2.24, 2.45) is 0 Å². The molecular formula is C13H15FN2O5. The Morgan fingerprint density at radius 3 is 2.43 bits per heavy atom. The molecule has 1 amide bonds. The van der Waals surface area contributed by atoms with Gasteiger partial charge in [-0.1, -0.05) is 0 Å². The van der Waals surface area contributed by atoms with E-state index in [2.05, 4.69) is 0 Å². The lowest BCUT2D eigenvalue weighted by Gasteiger charge is -2.34. The van der Waals surface area contributed by atoms with E-state index in [0.717, 1.165) is 23.1 Å². The Bertz CT molecular complexity index is 600. The Kier molecular flexibility index (Phi) is 4.62. The van der Waals surface area contributed by atoms with Crippen LogP contribution >= 0.6 is 0 Å². The van der Waals surface area contributed by atoms with Gasteiger partial charge in [0.2, 0.25) is 0 Å². The molecule has 8 heteroatoms. The molecule has 0 fully saturated rings. The first-order valence-corrected chi connectivity index (χ1v) is 6.12. The zero-order valence-corrected chi connectivity index (χ0v) is 11.8. The zero-order valence-electron chi connectivity index (χ0n) is 11.8. The summed E-state index contributed by atoms with van der Waals surface area (Å²) in [6, 6.07) is 2.55. The van der Waals surface area contributed by atoms with Crippen LogP contribution in [0.2, 0.25) is 0 Å². The quantitative estimate of drug-likeness (QED) is 0.662. The minimum atomic E-state index is -1.57. The number of carboxylic acids is 1. The number of halogens is 1. The van der Waals surface area contributed by atoms with Crippen LogP contribution in [0, 0.1) is 15.9 Å². The fourth-order valence-electron chi connectivity index (χ4n) is 1.84. The highest BCUT2D eigenvalue weighted by Gasteiger charge is 2.38. The molecule has 0 aliphatic rings. The summed E-state index contributed by atoms with van der Waals surface area (Å²) in [4.78, 5) is 34.4. The largest absolute Gasteiger partial charge is 0.480 e. The van der Waals surface area contributed by atoms with E-state index in [1.54, 1.807) is 0 Å². The highest BCUT2D eigenvalue weighted by Crippen LogP contribution is 2.23. The molecular weight excluding hydrogens is 283 g/mol. The molecule has 0 aromatic heterocycles. The molecule has 1 aromatic rings. The molecule has 0 atom stereocenters. The predicted molar refractivity (Wildman–Crippen MR) is 71.5 cm³/mol. The third-order valence-electron chi connectivity index (χ3n) is 3.15. The number of benzene rings is 1. The molecule has 114 valence electrons. The highest BCUT2D eigenvalue weighted by molar-refractivity contribution is 5.98. The Morgan fingerprint density at radius 2 is 2.00 bits per heavy atom. The summed E-state index contributed by atoms with van der Waals surface area (Å²) in [5.41, 5.74) is -2.53. The Balaban J connectivity index is 3.32. The Hall–Kier alpha value is -2.51. The summed E-state index contributed by atoms with van der Waals surface area (Å²) >= 11 is 0. The van der Waals surface area contributed by atoms with Gasteiger partial charge >= 0.3 is 5.97 Å². The van der Waals surface area contributed by atoms with E-state index in [0.29, 0.717) is 0 Å². The number of amides is 1. The lowest BCUT2D eigenvalue weighted by Crippen LogP contribution is -2.53. The van der Waals surface area contributed by atoms with Crippen LogP contribution in [0.5, 0.6) is 0 Å². The van der Waals surface area contributed by atoms with Crippen molar-refractivity contribution in [2.45, 2.75) is 26.3 Å². The van der Waals surface area contributed by atoms with Gasteiger partial charge in [0.15, 0.2) is 0 Å². The van der Waals surface area contributed by atoms with Crippen molar-refractivity contribution in [1.29, 1.82) is 0 Å². The van der Waals surface area contributed by atoms with E-state index in [9.17, 15) is 24.1 Å². The lowest BCUT2D eigenvalue weighted by molar-refractivity contribution is -0.384. The number of aliphatic carboxylic acids is 1. The van der Waals surface area contributed by atoms with Gasteiger partial charge in [-0.15, -0.1) is 0 Å². The molecule has 1 N–H and O–H groups in total. The first kappa shape index (κ1) is 16.5. The van der Waals surface area contributed by atoms with Crippen molar-refractivity contribution in [3.8, 4) is 0 Å². The SMILES string of the molecule is CCN(C(=O)c1cc([N+](=O)[O-])ccc1F)C(C)(C)C(=O)O. The van der Waals surface area contributed by atoms with E-state index in [4.69, 9.17) is 5.11 Å². The van der Waals surface area contributed by atoms with Crippen molar-refractivity contribution >= 4 is 17.6 Å². The summed E-state index contributed by atoms with van der Waals surface area (Å²) in [6.45, 7) is 4.15. The standard InChI is InChI=1S/C13H15FN2O5/c1-4-15(13(2,3)12(18)19)11(17)9-7-8(16(20)21)5-6-10(9)14/h5-7H,4H2,1-3H3,(H,18,19). The first-order chi connectivity index (χ1) is 9.62. The second-order valence-corrected chi connectivity index (χ2v) is 4.83. The maximum atomic E-state index is 13.8. The van der Waals surface area contributed by atoms with Crippen LogP contribution in [0.15, 0.2) is 18.2 Å². The smallest absolute Gasteiger partial charge is 0.329 e. The first-order valence-electron chi connectivity index (χ1n) is 6.12.